The molecule has 5 N–H and O–H groups in total. The van der Waals surface area contributed by atoms with Crippen molar-refractivity contribution in [1.82, 2.24) is 15.0 Å². The summed E-state index contributed by atoms with van der Waals surface area (Å²) >= 11 is 1.45. The van der Waals surface area contributed by atoms with Crippen molar-refractivity contribution in [3.05, 3.63) is 59.6 Å². The molecule has 3 heterocycles. The van der Waals surface area contributed by atoms with E-state index in [2.05, 4.69) is 27.3 Å². The number of amides is 1. The zero-order valence-corrected chi connectivity index (χ0v) is 25.2. The van der Waals surface area contributed by atoms with Gasteiger partial charge in [0.2, 0.25) is 15.9 Å². The van der Waals surface area contributed by atoms with Crippen LogP contribution < -0.4 is 21.1 Å². The highest BCUT2D eigenvalue weighted by Crippen LogP contribution is 2.36. The number of benzene rings is 1. The molecule has 220 valence electrons. The maximum Gasteiger partial charge on any atom is 0.243 e. The van der Waals surface area contributed by atoms with Gasteiger partial charge in [-0.3, -0.25) is 9.59 Å². The van der Waals surface area contributed by atoms with Gasteiger partial charge >= 0.3 is 0 Å². The highest BCUT2D eigenvalue weighted by atomic mass is 32.2. The van der Waals surface area contributed by atoms with Gasteiger partial charge in [0.15, 0.2) is 5.78 Å². The number of nitrogens with zero attached hydrogens (tertiary/aromatic N) is 1. The number of sulfonamides is 1. The van der Waals surface area contributed by atoms with Gasteiger partial charge in [-0.15, -0.1) is 11.3 Å². The molecule has 2 aromatic heterocycles. The molecule has 1 saturated heterocycles. The third-order valence-corrected chi connectivity index (χ3v) is 10.1. The first-order chi connectivity index (χ1) is 19.7. The number of aromatic nitrogens is 1. The molecule has 11 heteroatoms. The Balaban J connectivity index is 1.65. The quantitative estimate of drug-likeness (QED) is 0.225. The number of carbonyl (C=O) groups excluding carboxylic acids is 2. The van der Waals surface area contributed by atoms with Gasteiger partial charge < -0.3 is 16.4 Å². The molecule has 1 aliphatic rings. The molecule has 0 radical (unpaired) electrons. The summed E-state index contributed by atoms with van der Waals surface area (Å²) in [6.45, 7) is 5.16. The Kier molecular flexibility index (Phi) is 10.7. The Labute approximate surface area is 246 Å². The van der Waals surface area contributed by atoms with Crippen molar-refractivity contribution in [3.63, 3.8) is 0 Å². The maximum atomic E-state index is 14.0. The van der Waals surface area contributed by atoms with E-state index >= 15 is 0 Å². The van der Waals surface area contributed by atoms with Gasteiger partial charge in [0.05, 0.1) is 11.7 Å². The summed E-state index contributed by atoms with van der Waals surface area (Å²) in [5.41, 5.74) is 7.51. The molecule has 1 amide bonds. The molecule has 1 fully saturated rings. The molecular formula is C30H39N5O4S2. The fourth-order valence-corrected chi connectivity index (χ4v) is 7.53. The predicted octanol–water partition coefficient (Wildman–Crippen LogP) is 4.62. The minimum atomic E-state index is -4.20. The summed E-state index contributed by atoms with van der Waals surface area (Å²) in [6.07, 6.45) is 5.16. The van der Waals surface area contributed by atoms with Crippen molar-refractivity contribution < 1.29 is 18.0 Å². The van der Waals surface area contributed by atoms with Crippen LogP contribution in [0, 0.1) is 11.8 Å². The molecule has 0 saturated carbocycles. The first kappa shape index (κ1) is 30.8. The molecule has 1 aliphatic heterocycles. The van der Waals surface area contributed by atoms with E-state index in [1.54, 1.807) is 31.3 Å². The van der Waals surface area contributed by atoms with E-state index in [-0.39, 0.29) is 40.5 Å². The average Bonchev–Trinajstić information content (AvgIpc) is 3.52. The van der Waals surface area contributed by atoms with Gasteiger partial charge in [0, 0.05) is 35.5 Å². The minimum absolute atomic E-state index is 0.0560. The number of nitrogens with two attached hydrogens (primary N) is 1. The van der Waals surface area contributed by atoms with Crippen LogP contribution in [0.15, 0.2) is 58.9 Å². The maximum absolute atomic E-state index is 14.0. The summed E-state index contributed by atoms with van der Waals surface area (Å²) in [5, 5.41) is 8.02. The minimum Gasteiger partial charge on any atom is -0.384 e. The lowest BCUT2D eigenvalue weighted by molar-refractivity contribution is -0.127. The number of hydrogen-bond donors (Lipinski definition) is 4. The summed E-state index contributed by atoms with van der Waals surface area (Å²) in [5.74, 6) is -0.0541. The number of para-hydroxylation sites is 1. The molecule has 0 spiro atoms. The molecule has 3 unspecified atom stereocenters. The standard InChI is InChI=1S/C30H39N5O4S2/c1-3-21-15-16-32-19-23(21)30(37)24(10-5-8-20-13-14-27(31)33-18-20)35-41(38,39)26-12-6-9-22(25-11-7-17-40-25)29(26)34-28(36)4-2/h6-7,9,11-14,17-18,21,23-24,32,35H,3-5,8,10,15-16,19H2,1-2H3,(H2,31,33)(H,34,36). The number of carbonyl (C=O) groups is 2. The molecule has 3 aromatic rings. The lowest BCUT2D eigenvalue weighted by Crippen LogP contribution is -2.50. The smallest absolute Gasteiger partial charge is 0.243 e. The van der Waals surface area contributed by atoms with Crippen molar-refractivity contribution in [2.45, 2.75) is 63.3 Å². The van der Waals surface area contributed by atoms with Crippen LogP contribution in [0.3, 0.4) is 0 Å². The second-order valence-corrected chi connectivity index (χ2v) is 13.0. The number of aryl methyl sites for hydroxylation is 1. The summed E-state index contributed by atoms with van der Waals surface area (Å²) in [6, 6.07) is 11.4. The predicted molar refractivity (Wildman–Crippen MR) is 164 cm³/mol. The number of hydrogen-bond acceptors (Lipinski definition) is 8. The molecule has 9 nitrogen and oxygen atoms in total. The number of nitrogen functional groups attached to an aromatic ring is 1. The second kappa shape index (κ2) is 14.2. The van der Waals surface area contributed by atoms with Crippen LogP contribution in [0.4, 0.5) is 11.5 Å². The highest BCUT2D eigenvalue weighted by molar-refractivity contribution is 7.89. The molecule has 41 heavy (non-hydrogen) atoms. The fourth-order valence-electron chi connectivity index (χ4n) is 5.35. The largest absolute Gasteiger partial charge is 0.384 e. The first-order valence-electron chi connectivity index (χ1n) is 14.2. The summed E-state index contributed by atoms with van der Waals surface area (Å²) < 4.78 is 30.8. The number of pyridine rings is 1. The third-order valence-electron chi connectivity index (χ3n) is 7.65. The van der Waals surface area contributed by atoms with E-state index in [1.165, 1.54) is 17.4 Å². The van der Waals surface area contributed by atoms with Crippen LogP contribution in [0.5, 0.6) is 0 Å². The van der Waals surface area contributed by atoms with E-state index in [0.29, 0.717) is 37.2 Å². The summed E-state index contributed by atoms with van der Waals surface area (Å²) in [7, 11) is -4.20. The average molecular weight is 598 g/mol. The number of Topliss-reactive ketones (excluding diaryl/α,β-unsaturated/α-hetero) is 1. The van der Waals surface area contributed by atoms with Crippen LogP contribution >= 0.6 is 11.3 Å². The Morgan fingerprint density at radius 2 is 2.00 bits per heavy atom. The van der Waals surface area contributed by atoms with Crippen molar-refractivity contribution in [3.8, 4) is 10.4 Å². The van der Waals surface area contributed by atoms with Crippen molar-refractivity contribution in [2.24, 2.45) is 11.8 Å². The van der Waals surface area contributed by atoms with E-state index in [9.17, 15) is 18.0 Å². The van der Waals surface area contributed by atoms with E-state index in [0.717, 1.165) is 29.8 Å². The number of nitrogens with one attached hydrogen (secondary N) is 3. The molecular weight excluding hydrogens is 558 g/mol. The molecule has 3 atom stereocenters. The van der Waals surface area contributed by atoms with Crippen molar-refractivity contribution >= 4 is 44.6 Å². The van der Waals surface area contributed by atoms with Gasteiger partial charge in [0.25, 0.3) is 0 Å². The van der Waals surface area contributed by atoms with Gasteiger partial charge in [-0.05, 0) is 67.3 Å². The Morgan fingerprint density at radius 3 is 2.68 bits per heavy atom. The second-order valence-electron chi connectivity index (χ2n) is 10.4. The van der Waals surface area contributed by atoms with Crippen LogP contribution in [0.1, 0.15) is 51.5 Å². The van der Waals surface area contributed by atoms with Crippen LogP contribution in [0.25, 0.3) is 10.4 Å². The monoisotopic (exact) mass is 597 g/mol. The number of piperidine rings is 1. The topological polar surface area (TPSA) is 143 Å². The molecule has 0 aliphatic carbocycles. The molecule has 1 aromatic carbocycles. The lowest BCUT2D eigenvalue weighted by atomic mass is 9.79. The fraction of sp³-hybridized carbons (Fsp3) is 0.433. The number of rotatable bonds is 13. The first-order valence-corrected chi connectivity index (χ1v) is 16.5. The van der Waals surface area contributed by atoms with E-state index in [4.69, 9.17) is 5.73 Å². The summed E-state index contributed by atoms with van der Waals surface area (Å²) in [4.78, 5) is 31.4. The lowest BCUT2D eigenvalue weighted by Gasteiger charge is -2.33. The van der Waals surface area contributed by atoms with Crippen LogP contribution in [-0.2, 0) is 26.0 Å². The van der Waals surface area contributed by atoms with Gasteiger partial charge in [-0.25, -0.2) is 18.1 Å². The van der Waals surface area contributed by atoms with Crippen LogP contribution in [-0.4, -0.2) is 44.2 Å². The number of anilines is 2. The van der Waals surface area contributed by atoms with E-state index < -0.39 is 16.1 Å². The van der Waals surface area contributed by atoms with Gasteiger partial charge in [-0.1, -0.05) is 44.5 Å². The zero-order chi connectivity index (χ0) is 29.4. The molecule has 4 rings (SSSR count). The van der Waals surface area contributed by atoms with Crippen molar-refractivity contribution in [1.29, 1.82) is 0 Å². The number of ketones is 1. The Morgan fingerprint density at radius 1 is 1.17 bits per heavy atom. The Bertz CT molecular complexity index is 1430. The van der Waals surface area contributed by atoms with Crippen LogP contribution in [0.2, 0.25) is 0 Å². The number of thiophene rings is 1. The Hall–Kier alpha value is -3.12. The zero-order valence-electron chi connectivity index (χ0n) is 23.6. The molecule has 0 bridgehead atoms. The van der Waals surface area contributed by atoms with Crippen molar-refractivity contribution in [2.75, 3.05) is 24.1 Å². The third kappa shape index (κ3) is 7.79. The van der Waals surface area contributed by atoms with Gasteiger partial charge in [0.1, 0.15) is 10.7 Å². The van der Waals surface area contributed by atoms with Gasteiger partial charge in [-0.2, -0.15) is 0 Å². The SMILES string of the molecule is CCC(=O)Nc1c(-c2cccs2)cccc1S(=O)(=O)NC(CCCc1ccc(N)nc1)C(=O)C1CNCCC1CC. The van der Waals surface area contributed by atoms with E-state index in [1.807, 2.05) is 23.6 Å². The normalized spacial score (nSPS) is 18.1. The highest BCUT2D eigenvalue weighted by Gasteiger charge is 2.36.